The number of nitrogens with zero attached hydrogens (tertiary/aromatic N) is 5. The van der Waals surface area contributed by atoms with Crippen LogP contribution in [0.2, 0.25) is 0 Å². The average molecular weight is 414 g/mol. The molecule has 3 aliphatic heterocycles. The summed E-state index contributed by atoms with van der Waals surface area (Å²) in [6, 6.07) is 2.91. The molecule has 5 rings (SSSR count). The second kappa shape index (κ2) is 6.81. The SMILES string of the molecule is O=C(CN1N=N[C@@H]2C(=O)N(c3ccc4c(c3)OCCO4)C(=O)[C@@H]21)Nc1nccs1. The summed E-state index contributed by atoms with van der Waals surface area (Å²) in [7, 11) is 0. The van der Waals surface area contributed by atoms with Crippen LogP contribution >= 0.6 is 11.3 Å². The molecular formula is C17H14N6O5S. The van der Waals surface area contributed by atoms with Crippen molar-refractivity contribution >= 4 is 39.9 Å². The van der Waals surface area contributed by atoms with Gasteiger partial charge >= 0.3 is 0 Å². The standard InChI is InChI=1S/C17H14N6O5S/c24-12(19-17-18-3-6-29-17)8-22-14-13(20-21-22)15(25)23(16(14)26)9-1-2-10-11(7-9)28-5-4-27-10/h1-3,6-7,13-14H,4-5,8H2,(H,18,19,24)/t13-,14+/m0/s1. The number of ether oxygens (including phenoxy) is 2. The van der Waals surface area contributed by atoms with E-state index in [2.05, 4.69) is 20.6 Å². The Hall–Kier alpha value is -3.54. The lowest BCUT2D eigenvalue weighted by Crippen LogP contribution is -2.43. The molecule has 1 aromatic carbocycles. The van der Waals surface area contributed by atoms with Gasteiger partial charge in [0.1, 0.15) is 19.8 Å². The Bertz CT molecular complexity index is 1030. The summed E-state index contributed by atoms with van der Waals surface area (Å²) < 4.78 is 11.0. The normalized spacial score (nSPS) is 22.2. The molecule has 4 heterocycles. The lowest BCUT2D eigenvalue weighted by Gasteiger charge is -2.22. The number of imide groups is 1. The predicted molar refractivity (Wildman–Crippen MR) is 99.8 cm³/mol. The van der Waals surface area contributed by atoms with Gasteiger partial charge in [0.25, 0.3) is 11.8 Å². The van der Waals surface area contributed by atoms with Gasteiger partial charge in [-0.15, -0.1) is 11.3 Å². The van der Waals surface area contributed by atoms with Crippen LogP contribution in [0.25, 0.3) is 0 Å². The average Bonchev–Trinajstić information content (AvgIpc) is 3.42. The summed E-state index contributed by atoms with van der Waals surface area (Å²) in [6.45, 7) is 0.606. The second-order valence-corrected chi connectivity index (χ2v) is 7.31. The van der Waals surface area contributed by atoms with Crippen molar-refractivity contribution in [2.45, 2.75) is 12.1 Å². The minimum absolute atomic E-state index is 0.224. The Morgan fingerprint density at radius 3 is 2.83 bits per heavy atom. The van der Waals surface area contributed by atoms with E-state index in [-0.39, 0.29) is 6.54 Å². The molecule has 12 heteroatoms. The lowest BCUT2D eigenvalue weighted by atomic mass is 10.1. The van der Waals surface area contributed by atoms with Crippen LogP contribution in [0, 0.1) is 0 Å². The van der Waals surface area contributed by atoms with E-state index in [1.165, 1.54) is 16.3 Å². The number of carbonyl (C=O) groups is 3. The van der Waals surface area contributed by atoms with Crippen molar-refractivity contribution in [2.24, 2.45) is 10.3 Å². The van der Waals surface area contributed by atoms with Crippen LogP contribution in [0.15, 0.2) is 40.1 Å². The van der Waals surface area contributed by atoms with Crippen molar-refractivity contribution < 1.29 is 23.9 Å². The Kier molecular flexibility index (Phi) is 4.12. The Morgan fingerprint density at radius 2 is 2.03 bits per heavy atom. The molecule has 2 aromatic rings. The van der Waals surface area contributed by atoms with Crippen molar-refractivity contribution in [3.63, 3.8) is 0 Å². The summed E-state index contributed by atoms with van der Waals surface area (Å²) in [5.41, 5.74) is 0.362. The lowest BCUT2D eigenvalue weighted by molar-refractivity contribution is -0.123. The van der Waals surface area contributed by atoms with E-state index in [0.717, 1.165) is 4.90 Å². The maximum absolute atomic E-state index is 13.0. The van der Waals surface area contributed by atoms with E-state index >= 15 is 0 Å². The number of fused-ring (bicyclic) bond motifs is 2. The number of benzene rings is 1. The van der Waals surface area contributed by atoms with Gasteiger partial charge in [0, 0.05) is 17.6 Å². The minimum Gasteiger partial charge on any atom is -0.486 e. The molecule has 1 fully saturated rings. The van der Waals surface area contributed by atoms with E-state index in [4.69, 9.17) is 9.47 Å². The summed E-state index contributed by atoms with van der Waals surface area (Å²) in [5, 5.41) is 13.8. The molecule has 0 radical (unpaired) electrons. The molecule has 1 N–H and O–H groups in total. The van der Waals surface area contributed by atoms with Crippen LogP contribution in [-0.4, -0.2) is 59.6 Å². The first-order valence-corrected chi connectivity index (χ1v) is 9.64. The van der Waals surface area contributed by atoms with E-state index in [1.54, 1.807) is 29.8 Å². The van der Waals surface area contributed by atoms with Crippen molar-refractivity contribution in [3.8, 4) is 11.5 Å². The van der Waals surface area contributed by atoms with E-state index in [0.29, 0.717) is 35.5 Å². The maximum atomic E-state index is 13.0. The van der Waals surface area contributed by atoms with Gasteiger partial charge in [-0.3, -0.25) is 19.4 Å². The summed E-state index contributed by atoms with van der Waals surface area (Å²) in [5.74, 6) is -0.378. The third-order valence-corrected chi connectivity index (χ3v) is 5.31. The molecule has 29 heavy (non-hydrogen) atoms. The fourth-order valence-electron chi connectivity index (χ4n) is 3.37. The highest BCUT2D eigenvalue weighted by atomic mass is 32.1. The topological polar surface area (TPSA) is 126 Å². The van der Waals surface area contributed by atoms with Crippen LogP contribution in [0.1, 0.15) is 0 Å². The van der Waals surface area contributed by atoms with Crippen LogP contribution in [0.3, 0.4) is 0 Å². The van der Waals surface area contributed by atoms with Gasteiger partial charge in [0.05, 0.1) is 5.69 Å². The molecule has 148 valence electrons. The first kappa shape index (κ1) is 17.6. The molecule has 0 unspecified atom stereocenters. The van der Waals surface area contributed by atoms with Crippen molar-refractivity contribution in [1.29, 1.82) is 0 Å². The van der Waals surface area contributed by atoms with Crippen molar-refractivity contribution in [3.05, 3.63) is 29.8 Å². The maximum Gasteiger partial charge on any atom is 0.263 e. The monoisotopic (exact) mass is 414 g/mol. The number of anilines is 2. The highest BCUT2D eigenvalue weighted by Crippen LogP contribution is 2.37. The first-order valence-electron chi connectivity index (χ1n) is 8.76. The zero-order chi connectivity index (χ0) is 20.0. The van der Waals surface area contributed by atoms with Crippen molar-refractivity contribution in [2.75, 3.05) is 30.0 Å². The number of carbonyl (C=O) groups excluding carboxylic acids is 3. The zero-order valence-electron chi connectivity index (χ0n) is 14.8. The second-order valence-electron chi connectivity index (χ2n) is 6.42. The fraction of sp³-hybridized carbons (Fsp3) is 0.294. The number of nitrogens with one attached hydrogen (secondary N) is 1. The predicted octanol–water partition coefficient (Wildman–Crippen LogP) is 0.846. The summed E-state index contributed by atoms with van der Waals surface area (Å²) >= 11 is 1.27. The van der Waals surface area contributed by atoms with Gasteiger partial charge in [-0.05, 0) is 12.1 Å². The highest BCUT2D eigenvalue weighted by molar-refractivity contribution is 7.13. The van der Waals surface area contributed by atoms with Crippen LogP contribution in [0.4, 0.5) is 10.8 Å². The summed E-state index contributed by atoms with van der Waals surface area (Å²) in [4.78, 5) is 43.1. The highest BCUT2D eigenvalue weighted by Gasteiger charge is 2.55. The smallest absolute Gasteiger partial charge is 0.263 e. The third kappa shape index (κ3) is 2.97. The van der Waals surface area contributed by atoms with Gasteiger partial charge in [0.15, 0.2) is 28.7 Å². The van der Waals surface area contributed by atoms with Gasteiger partial charge in [-0.1, -0.05) is 5.22 Å². The molecule has 0 aliphatic carbocycles. The molecule has 3 aliphatic rings. The molecular weight excluding hydrogens is 400 g/mol. The number of hydrogen-bond donors (Lipinski definition) is 1. The largest absolute Gasteiger partial charge is 0.486 e. The minimum atomic E-state index is -0.983. The molecule has 0 bridgehead atoms. The van der Waals surface area contributed by atoms with Gasteiger partial charge in [0.2, 0.25) is 5.91 Å². The van der Waals surface area contributed by atoms with E-state index in [9.17, 15) is 14.4 Å². The molecule has 1 aromatic heterocycles. The molecule has 0 saturated carbocycles. The summed E-state index contributed by atoms with van der Waals surface area (Å²) in [6.07, 6.45) is 1.57. The molecule has 1 saturated heterocycles. The van der Waals surface area contributed by atoms with Crippen LogP contribution in [0.5, 0.6) is 11.5 Å². The number of rotatable bonds is 4. The van der Waals surface area contributed by atoms with Gasteiger partial charge in [-0.2, -0.15) is 5.11 Å². The van der Waals surface area contributed by atoms with E-state index < -0.39 is 29.8 Å². The van der Waals surface area contributed by atoms with Crippen LogP contribution in [-0.2, 0) is 14.4 Å². The molecule has 2 atom stereocenters. The Morgan fingerprint density at radius 1 is 1.21 bits per heavy atom. The van der Waals surface area contributed by atoms with Gasteiger partial charge in [-0.25, -0.2) is 9.88 Å². The van der Waals surface area contributed by atoms with E-state index in [1.807, 2.05) is 0 Å². The van der Waals surface area contributed by atoms with Gasteiger partial charge < -0.3 is 14.8 Å². The molecule has 0 spiro atoms. The molecule has 11 nitrogen and oxygen atoms in total. The Labute approximate surface area is 167 Å². The fourth-order valence-corrected chi connectivity index (χ4v) is 3.92. The number of hydrogen-bond acceptors (Lipinski definition) is 10. The number of amides is 3. The first-order chi connectivity index (χ1) is 14.1. The third-order valence-electron chi connectivity index (χ3n) is 4.63. The quantitative estimate of drug-likeness (QED) is 0.735. The number of aromatic nitrogens is 1. The zero-order valence-corrected chi connectivity index (χ0v) is 15.7. The Balaban J connectivity index is 1.35. The van der Waals surface area contributed by atoms with Crippen molar-refractivity contribution in [1.82, 2.24) is 9.99 Å². The van der Waals surface area contributed by atoms with Crippen LogP contribution < -0.4 is 19.7 Å². The molecule has 3 amide bonds. The number of thiazole rings is 1.